The highest BCUT2D eigenvalue weighted by molar-refractivity contribution is 5.97. The second-order valence-corrected chi connectivity index (χ2v) is 7.76. The van der Waals surface area contributed by atoms with Crippen molar-refractivity contribution in [3.63, 3.8) is 0 Å². The lowest BCUT2D eigenvalue weighted by Crippen LogP contribution is -2.25. The lowest BCUT2D eigenvalue weighted by atomic mass is 10.1. The van der Waals surface area contributed by atoms with Crippen molar-refractivity contribution in [1.82, 2.24) is 10.1 Å². The van der Waals surface area contributed by atoms with E-state index in [1.54, 1.807) is 12.0 Å². The van der Waals surface area contributed by atoms with Crippen LogP contribution in [-0.4, -0.2) is 36.3 Å². The zero-order valence-corrected chi connectivity index (χ0v) is 18.1. The van der Waals surface area contributed by atoms with Crippen LogP contribution < -0.4 is 14.4 Å². The molecule has 31 heavy (non-hydrogen) atoms. The monoisotopic (exact) mass is 421 g/mol. The first-order chi connectivity index (χ1) is 15.1. The van der Waals surface area contributed by atoms with Gasteiger partial charge in [0.05, 0.1) is 25.3 Å². The second kappa shape index (κ2) is 9.20. The summed E-state index contributed by atoms with van der Waals surface area (Å²) in [5.41, 5.74) is 2.68. The van der Waals surface area contributed by atoms with Gasteiger partial charge in [0, 0.05) is 18.5 Å². The first-order valence-corrected chi connectivity index (χ1v) is 10.6. The summed E-state index contributed by atoms with van der Waals surface area (Å²) in [6, 6.07) is 13.5. The van der Waals surface area contributed by atoms with Crippen LogP contribution in [-0.2, 0) is 4.79 Å². The Morgan fingerprint density at radius 1 is 1.19 bits per heavy atom. The minimum absolute atomic E-state index is 0.0160. The van der Waals surface area contributed by atoms with Crippen molar-refractivity contribution in [2.45, 2.75) is 39.0 Å². The van der Waals surface area contributed by atoms with Gasteiger partial charge >= 0.3 is 0 Å². The molecular formula is C24H27N3O4. The zero-order valence-electron chi connectivity index (χ0n) is 18.1. The molecule has 162 valence electrons. The van der Waals surface area contributed by atoms with Crippen molar-refractivity contribution >= 4 is 11.6 Å². The first kappa shape index (κ1) is 20.9. The molecule has 0 bridgehead atoms. The number of aromatic nitrogens is 2. The fourth-order valence-electron chi connectivity index (χ4n) is 3.67. The average molecular weight is 421 g/mol. The standard InChI is InChI=1S/C24H27N3O4/c1-4-5-12-30-19-9-7-17(8-10-19)23-25-24(31-26-23)18-14-22(28)27(15-18)20-13-16(2)6-11-21(20)29-3/h6-11,13,18H,4-5,12,14-15H2,1-3H3. The number of carbonyl (C=O) groups is 1. The maximum atomic E-state index is 12.7. The number of anilines is 1. The van der Waals surface area contributed by atoms with Crippen molar-refractivity contribution in [2.24, 2.45) is 0 Å². The molecule has 7 nitrogen and oxygen atoms in total. The Hall–Kier alpha value is -3.35. The summed E-state index contributed by atoms with van der Waals surface area (Å²) in [6.45, 7) is 5.31. The third-order valence-electron chi connectivity index (χ3n) is 5.42. The minimum atomic E-state index is -0.157. The van der Waals surface area contributed by atoms with Gasteiger partial charge in [0.15, 0.2) is 0 Å². The summed E-state index contributed by atoms with van der Waals surface area (Å²) < 4.78 is 16.7. The van der Waals surface area contributed by atoms with Crippen LogP contribution >= 0.6 is 0 Å². The maximum absolute atomic E-state index is 12.7. The number of amides is 1. The molecule has 2 aromatic carbocycles. The Bertz CT molecular complexity index is 1050. The van der Waals surface area contributed by atoms with Crippen LogP contribution in [0.4, 0.5) is 5.69 Å². The molecule has 1 aromatic heterocycles. The normalized spacial score (nSPS) is 16.0. The smallest absolute Gasteiger partial charge is 0.232 e. The quantitative estimate of drug-likeness (QED) is 0.488. The summed E-state index contributed by atoms with van der Waals surface area (Å²) in [7, 11) is 1.61. The highest BCUT2D eigenvalue weighted by Crippen LogP contribution is 2.37. The molecule has 3 aromatic rings. The van der Waals surface area contributed by atoms with E-state index in [4.69, 9.17) is 14.0 Å². The van der Waals surface area contributed by atoms with Crippen molar-refractivity contribution in [2.75, 3.05) is 25.2 Å². The molecule has 0 aliphatic carbocycles. The van der Waals surface area contributed by atoms with Crippen LogP contribution in [0.5, 0.6) is 11.5 Å². The molecule has 1 aliphatic rings. The number of aryl methyl sites for hydroxylation is 1. The topological polar surface area (TPSA) is 77.7 Å². The van der Waals surface area contributed by atoms with E-state index in [2.05, 4.69) is 17.1 Å². The summed E-state index contributed by atoms with van der Waals surface area (Å²) in [5, 5.41) is 4.13. The van der Waals surface area contributed by atoms with E-state index in [9.17, 15) is 4.79 Å². The van der Waals surface area contributed by atoms with E-state index in [1.165, 1.54) is 0 Å². The number of hydrogen-bond acceptors (Lipinski definition) is 6. The predicted molar refractivity (Wildman–Crippen MR) is 118 cm³/mol. The van der Waals surface area contributed by atoms with Gasteiger partial charge < -0.3 is 18.9 Å². The van der Waals surface area contributed by atoms with E-state index < -0.39 is 0 Å². The third kappa shape index (κ3) is 4.55. The fraction of sp³-hybridized carbons (Fsp3) is 0.375. The molecule has 1 atom stereocenters. The molecular weight excluding hydrogens is 394 g/mol. The predicted octanol–water partition coefficient (Wildman–Crippen LogP) is 4.75. The number of benzene rings is 2. The fourth-order valence-corrected chi connectivity index (χ4v) is 3.67. The van der Waals surface area contributed by atoms with Crippen LogP contribution in [0.1, 0.15) is 43.6 Å². The molecule has 0 spiro atoms. The summed E-state index contributed by atoms with van der Waals surface area (Å²) >= 11 is 0. The second-order valence-electron chi connectivity index (χ2n) is 7.76. The molecule has 0 radical (unpaired) electrons. The molecule has 0 N–H and O–H groups in total. The van der Waals surface area contributed by atoms with Gasteiger partial charge in [-0.2, -0.15) is 4.98 Å². The number of nitrogens with zero attached hydrogens (tertiary/aromatic N) is 3. The van der Waals surface area contributed by atoms with Gasteiger partial charge in [-0.05, 0) is 55.3 Å². The third-order valence-corrected chi connectivity index (χ3v) is 5.42. The van der Waals surface area contributed by atoms with Crippen molar-refractivity contribution in [1.29, 1.82) is 0 Å². The molecule has 1 aliphatic heterocycles. The zero-order chi connectivity index (χ0) is 21.8. The van der Waals surface area contributed by atoms with E-state index >= 15 is 0 Å². The Kier molecular flexibility index (Phi) is 6.21. The van der Waals surface area contributed by atoms with E-state index in [1.807, 2.05) is 49.4 Å². The summed E-state index contributed by atoms with van der Waals surface area (Å²) in [5.74, 6) is 2.34. The largest absolute Gasteiger partial charge is 0.495 e. The van der Waals surface area contributed by atoms with Crippen LogP contribution in [0.2, 0.25) is 0 Å². The molecule has 1 unspecified atom stereocenters. The van der Waals surface area contributed by atoms with Crippen LogP contribution in [0.15, 0.2) is 47.0 Å². The molecule has 2 heterocycles. The molecule has 1 fully saturated rings. The molecule has 0 saturated carbocycles. The number of hydrogen-bond donors (Lipinski definition) is 0. The molecule has 4 rings (SSSR count). The number of ether oxygens (including phenoxy) is 2. The van der Waals surface area contributed by atoms with Gasteiger partial charge in [0.1, 0.15) is 11.5 Å². The Labute approximate surface area is 182 Å². The van der Waals surface area contributed by atoms with Gasteiger partial charge in [0.2, 0.25) is 17.6 Å². The van der Waals surface area contributed by atoms with Crippen LogP contribution in [0, 0.1) is 6.92 Å². The van der Waals surface area contributed by atoms with Crippen LogP contribution in [0.25, 0.3) is 11.4 Å². The number of unbranched alkanes of at least 4 members (excludes halogenated alkanes) is 1. The first-order valence-electron chi connectivity index (χ1n) is 10.6. The number of carbonyl (C=O) groups excluding carboxylic acids is 1. The lowest BCUT2D eigenvalue weighted by Gasteiger charge is -2.19. The van der Waals surface area contributed by atoms with Gasteiger partial charge in [-0.1, -0.05) is 24.6 Å². The van der Waals surface area contributed by atoms with E-state index in [-0.39, 0.29) is 11.8 Å². The molecule has 1 saturated heterocycles. The molecule has 1 amide bonds. The summed E-state index contributed by atoms with van der Waals surface area (Å²) in [4.78, 5) is 19.0. The Balaban J connectivity index is 1.47. The van der Waals surface area contributed by atoms with Crippen molar-refractivity contribution in [3.8, 4) is 22.9 Å². The highest BCUT2D eigenvalue weighted by Gasteiger charge is 2.36. The SMILES string of the molecule is CCCCOc1ccc(-c2noc(C3CC(=O)N(c4cc(C)ccc4OC)C3)n2)cc1. The highest BCUT2D eigenvalue weighted by atomic mass is 16.5. The minimum Gasteiger partial charge on any atom is -0.495 e. The van der Waals surface area contributed by atoms with E-state index in [0.29, 0.717) is 37.0 Å². The Morgan fingerprint density at radius 2 is 2.00 bits per heavy atom. The van der Waals surface area contributed by atoms with Gasteiger partial charge in [-0.3, -0.25) is 4.79 Å². The van der Waals surface area contributed by atoms with E-state index in [0.717, 1.165) is 35.4 Å². The number of methoxy groups -OCH3 is 1. The van der Waals surface area contributed by atoms with Gasteiger partial charge in [0.25, 0.3) is 0 Å². The maximum Gasteiger partial charge on any atom is 0.232 e. The number of rotatable bonds is 8. The van der Waals surface area contributed by atoms with Gasteiger partial charge in [-0.15, -0.1) is 0 Å². The Morgan fingerprint density at radius 3 is 2.74 bits per heavy atom. The average Bonchev–Trinajstić information content (AvgIpc) is 3.41. The van der Waals surface area contributed by atoms with Crippen LogP contribution in [0.3, 0.4) is 0 Å². The lowest BCUT2D eigenvalue weighted by molar-refractivity contribution is -0.117. The molecule has 7 heteroatoms. The summed E-state index contributed by atoms with van der Waals surface area (Å²) in [6.07, 6.45) is 2.45. The van der Waals surface area contributed by atoms with Crippen molar-refractivity contribution in [3.05, 3.63) is 53.9 Å². The van der Waals surface area contributed by atoms with Crippen molar-refractivity contribution < 1.29 is 18.8 Å². The van der Waals surface area contributed by atoms with Gasteiger partial charge in [-0.25, -0.2) is 0 Å².